The Labute approximate surface area is 186 Å². The van der Waals surface area contributed by atoms with Gasteiger partial charge in [0, 0.05) is 17.1 Å². The fraction of sp³-hybridized carbons (Fsp3) is 0.370. The van der Waals surface area contributed by atoms with Crippen molar-refractivity contribution >= 4 is 18.9 Å². The van der Waals surface area contributed by atoms with E-state index < -0.39 is 8.00 Å². The molecule has 0 bridgehead atoms. The lowest BCUT2D eigenvalue weighted by Gasteiger charge is -2.29. The highest BCUT2D eigenvalue weighted by atomic mass is 31.1. The van der Waals surface area contributed by atoms with Crippen molar-refractivity contribution < 1.29 is 14.5 Å². The second-order valence-electron chi connectivity index (χ2n) is 10.5. The lowest BCUT2D eigenvalue weighted by molar-refractivity contribution is -0.165. The van der Waals surface area contributed by atoms with Gasteiger partial charge in [-0.25, -0.2) is 0 Å². The number of aromatic hydroxyl groups is 1. The zero-order valence-corrected chi connectivity index (χ0v) is 20.1. The Morgan fingerprint density at radius 2 is 1.61 bits per heavy atom. The van der Waals surface area contributed by atoms with E-state index in [1.807, 2.05) is 30.3 Å². The van der Waals surface area contributed by atoms with Crippen molar-refractivity contribution in [3.63, 3.8) is 0 Å². The molecule has 0 fully saturated rings. The van der Waals surface area contributed by atoms with Crippen LogP contribution in [0.3, 0.4) is 0 Å². The van der Waals surface area contributed by atoms with Gasteiger partial charge < -0.3 is 10.00 Å². The lowest BCUT2D eigenvalue weighted by atomic mass is 9.77. The molecule has 0 saturated heterocycles. The minimum atomic E-state index is -1.94. The lowest BCUT2D eigenvalue weighted by Crippen LogP contribution is -2.25. The van der Waals surface area contributed by atoms with Crippen molar-refractivity contribution in [3.8, 4) is 11.5 Å². The number of phenols is 1. The Balaban J connectivity index is 1.77. The molecule has 31 heavy (non-hydrogen) atoms. The first kappa shape index (κ1) is 21.9. The van der Waals surface area contributed by atoms with Gasteiger partial charge in [-0.15, -0.1) is 0 Å². The van der Waals surface area contributed by atoms with Gasteiger partial charge in [0.15, 0.2) is 11.0 Å². The molecule has 4 heteroatoms. The van der Waals surface area contributed by atoms with Crippen LogP contribution >= 0.6 is 8.00 Å². The monoisotopic (exact) mass is 434 g/mol. The second-order valence-corrected chi connectivity index (χ2v) is 11.7. The molecule has 1 N–H and O–H groups in total. The molecule has 1 aliphatic carbocycles. The molecule has 1 aliphatic heterocycles. The summed E-state index contributed by atoms with van der Waals surface area (Å²) >= 11 is 0. The molecular formula is C27H31O3P. The molecule has 2 aromatic rings. The Morgan fingerprint density at radius 1 is 1.00 bits per heavy atom. The van der Waals surface area contributed by atoms with Gasteiger partial charge in [0.05, 0.1) is 0 Å². The van der Waals surface area contributed by atoms with Crippen LogP contribution in [0.1, 0.15) is 63.8 Å². The molecule has 3 nitrogen and oxygen atoms in total. The largest absolute Gasteiger partial charge is 0.595 e. The summed E-state index contributed by atoms with van der Waals surface area (Å²) in [4.78, 5) is 13.1. The normalized spacial score (nSPS) is 19.5. The Morgan fingerprint density at radius 3 is 2.23 bits per heavy atom. The molecule has 2 atom stereocenters. The summed E-state index contributed by atoms with van der Waals surface area (Å²) in [5.41, 5.74) is 4.69. The molecule has 1 heterocycles. The van der Waals surface area contributed by atoms with Gasteiger partial charge in [-0.1, -0.05) is 90.1 Å². The molecule has 4 rings (SSSR count). The van der Waals surface area contributed by atoms with Crippen molar-refractivity contribution in [2.75, 3.05) is 0 Å². The smallest absolute Gasteiger partial charge is 0.281 e. The maximum Gasteiger partial charge on any atom is 0.281 e. The average Bonchev–Trinajstić information content (AvgIpc) is 2.67. The van der Waals surface area contributed by atoms with E-state index in [9.17, 15) is 10.00 Å². The third kappa shape index (κ3) is 4.10. The van der Waals surface area contributed by atoms with E-state index in [1.165, 1.54) is 0 Å². The number of hydrogen-bond acceptors (Lipinski definition) is 3. The Bertz CT molecular complexity index is 1090. The van der Waals surface area contributed by atoms with Crippen molar-refractivity contribution in [2.45, 2.75) is 58.8 Å². The van der Waals surface area contributed by atoms with Crippen LogP contribution in [0.25, 0.3) is 5.57 Å². The Hall–Kier alpha value is -2.35. The van der Waals surface area contributed by atoms with Crippen LogP contribution < -0.4 is 9.42 Å². The maximum absolute atomic E-state index is 13.1. The zero-order valence-electron chi connectivity index (χ0n) is 19.2. The highest BCUT2D eigenvalue weighted by molar-refractivity contribution is 7.49. The molecular weight excluding hydrogens is 403 g/mol. The third-order valence-electron chi connectivity index (χ3n) is 6.03. The molecule has 162 valence electrons. The van der Waals surface area contributed by atoms with Crippen LogP contribution in [0.5, 0.6) is 11.5 Å². The van der Waals surface area contributed by atoms with Gasteiger partial charge >= 0.3 is 0 Å². The average molecular weight is 435 g/mol. The van der Waals surface area contributed by atoms with Gasteiger partial charge in [-0.3, -0.25) is 4.52 Å². The van der Waals surface area contributed by atoms with E-state index in [1.54, 1.807) is 0 Å². The minimum Gasteiger partial charge on any atom is -0.595 e. The van der Waals surface area contributed by atoms with Gasteiger partial charge in [0.25, 0.3) is 8.00 Å². The van der Waals surface area contributed by atoms with E-state index in [-0.39, 0.29) is 16.7 Å². The van der Waals surface area contributed by atoms with Crippen molar-refractivity contribution in [3.05, 3.63) is 76.9 Å². The number of rotatable bonds is 2. The molecule has 0 radical (unpaired) electrons. The van der Waals surface area contributed by atoms with Crippen molar-refractivity contribution in [1.29, 1.82) is 0 Å². The molecule has 2 unspecified atom stereocenters. The number of fused-ring (bicyclic) bond motifs is 3. The maximum atomic E-state index is 13.1. The van der Waals surface area contributed by atoms with Crippen molar-refractivity contribution in [1.82, 2.24) is 0 Å². The predicted octanol–water partition coefficient (Wildman–Crippen LogP) is 6.04. The summed E-state index contributed by atoms with van der Waals surface area (Å²) in [5.74, 6) is 1.06. The number of para-hydroxylation sites is 1. The topological polar surface area (TPSA) is 52.5 Å². The van der Waals surface area contributed by atoms with Gasteiger partial charge in [-0.05, 0) is 40.0 Å². The summed E-state index contributed by atoms with van der Waals surface area (Å²) in [6.45, 7) is 12.7. The summed E-state index contributed by atoms with van der Waals surface area (Å²) in [6.07, 6.45) is 6.93. The molecule has 0 aromatic heterocycles. The molecule has 0 spiro atoms. The highest BCUT2D eigenvalue weighted by Gasteiger charge is 2.36. The molecule has 0 amide bonds. The van der Waals surface area contributed by atoms with E-state index in [0.717, 1.165) is 33.1 Å². The van der Waals surface area contributed by atoms with E-state index >= 15 is 0 Å². The minimum absolute atomic E-state index is 0.0119. The molecule has 0 saturated carbocycles. The first-order valence-electron chi connectivity index (χ1n) is 10.8. The van der Waals surface area contributed by atoms with Crippen LogP contribution in [-0.4, -0.2) is 10.4 Å². The quantitative estimate of drug-likeness (QED) is 0.587. The van der Waals surface area contributed by atoms with Gasteiger partial charge in [0.1, 0.15) is 5.75 Å². The fourth-order valence-corrected chi connectivity index (χ4v) is 5.68. The van der Waals surface area contributed by atoms with E-state index in [4.69, 9.17) is 4.52 Å². The van der Waals surface area contributed by atoms with Crippen LogP contribution in [0.4, 0.5) is 0 Å². The summed E-state index contributed by atoms with van der Waals surface area (Å²) in [7, 11) is -1.94. The molecule has 2 aliphatic rings. The Kier molecular flexibility index (Phi) is 5.40. The van der Waals surface area contributed by atoms with Crippen LogP contribution in [0.2, 0.25) is 0 Å². The van der Waals surface area contributed by atoms with Gasteiger partial charge in [-0.2, -0.15) is 0 Å². The predicted molar refractivity (Wildman–Crippen MR) is 129 cm³/mol. The first-order chi connectivity index (χ1) is 14.5. The standard InChI is InChI=1S/C27H31O3P/c1-26(2,3)21-15-17(16-22(24(21)28)27(4,5)6)14-18-10-9-12-20-19-11-7-8-13-23(19)30-31(29)25(18)20/h7-13,15-16,18,28H,14H2,1-6H3. The van der Waals surface area contributed by atoms with E-state index in [2.05, 4.69) is 65.8 Å². The highest BCUT2D eigenvalue weighted by Crippen LogP contribution is 2.45. The number of benzene rings is 2. The van der Waals surface area contributed by atoms with Crippen molar-refractivity contribution in [2.24, 2.45) is 5.92 Å². The second kappa shape index (κ2) is 7.65. The third-order valence-corrected chi connectivity index (χ3v) is 7.36. The fourth-order valence-electron chi connectivity index (χ4n) is 4.41. The van der Waals surface area contributed by atoms with Crippen LogP contribution in [-0.2, 0) is 17.3 Å². The summed E-state index contributed by atoms with van der Waals surface area (Å²) < 4.78 is 5.80. The number of hydrogen-bond donors (Lipinski definition) is 1. The van der Waals surface area contributed by atoms with Crippen LogP contribution in [0.15, 0.2) is 54.6 Å². The summed E-state index contributed by atoms with van der Waals surface area (Å²) in [5, 5.41) is 11.9. The molecule has 2 aromatic carbocycles. The van der Waals surface area contributed by atoms with E-state index in [0.29, 0.717) is 17.9 Å². The van der Waals surface area contributed by atoms with Crippen LogP contribution in [0, 0.1) is 5.92 Å². The SMILES string of the molecule is CC(C)(C)c1cc(CC2C=CC=C3C2=[P+]([O-])Oc2ccccc23)cc(C(C)(C)C)c1O. The number of allylic oxidation sites excluding steroid dienone is 4. The summed E-state index contributed by atoms with van der Waals surface area (Å²) in [6, 6.07) is 12.0. The number of phenolic OH excluding ortho intramolecular Hbond substituents is 1. The zero-order chi connectivity index (χ0) is 22.6. The first-order valence-corrected chi connectivity index (χ1v) is 12.0. The van der Waals surface area contributed by atoms with Gasteiger partial charge in [0.2, 0.25) is 0 Å².